The Labute approximate surface area is 115 Å². The van der Waals surface area contributed by atoms with Crippen LogP contribution in [0.3, 0.4) is 0 Å². The molecule has 20 heavy (non-hydrogen) atoms. The highest BCUT2D eigenvalue weighted by Crippen LogP contribution is 2.35. The first kappa shape index (κ1) is 12.7. The number of benzene rings is 1. The van der Waals surface area contributed by atoms with Gasteiger partial charge in [0, 0.05) is 12.0 Å². The predicted molar refractivity (Wildman–Crippen MR) is 70.8 cm³/mol. The van der Waals surface area contributed by atoms with Crippen LogP contribution in [-0.4, -0.2) is 16.2 Å². The van der Waals surface area contributed by atoms with E-state index < -0.39 is 6.09 Å². The maximum atomic E-state index is 10.9. The molecule has 6 nitrogen and oxygen atoms in total. The van der Waals surface area contributed by atoms with Gasteiger partial charge in [-0.1, -0.05) is 24.2 Å². The van der Waals surface area contributed by atoms with E-state index >= 15 is 0 Å². The molecule has 3 rings (SSSR count). The molecule has 0 unspecified atom stereocenters. The third-order valence-electron chi connectivity index (χ3n) is 3.45. The number of nitrogens with two attached hydrogens (primary N) is 1. The van der Waals surface area contributed by atoms with E-state index in [9.17, 15) is 4.79 Å². The lowest BCUT2D eigenvalue weighted by atomic mass is 10.1. The van der Waals surface area contributed by atoms with Gasteiger partial charge in [-0.15, -0.1) is 0 Å². The lowest BCUT2D eigenvalue weighted by Gasteiger charge is -2.11. The Morgan fingerprint density at radius 2 is 2.40 bits per heavy atom. The van der Waals surface area contributed by atoms with Crippen molar-refractivity contribution in [2.45, 2.75) is 32.3 Å². The molecule has 6 heteroatoms. The number of hydrogen-bond donors (Lipinski definition) is 1. The van der Waals surface area contributed by atoms with E-state index in [1.54, 1.807) is 0 Å². The van der Waals surface area contributed by atoms with Gasteiger partial charge in [0.25, 0.3) is 0 Å². The largest absolute Gasteiger partial charge is 0.441 e. The first-order valence-corrected chi connectivity index (χ1v) is 6.59. The van der Waals surface area contributed by atoms with E-state index in [1.807, 2.05) is 25.1 Å². The fourth-order valence-electron chi connectivity index (χ4n) is 2.50. The van der Waals surface area contributed by atoms with Crippen LogP contribution in [-0.2, 0) is 17.6 Å². The number of primary amides is 1. The molecule has 0 spiro atoms. The Morgan fingerprint density at radius 1 is 1.55 bits per heavy atom. The van der Waals surface area contributed by atoms with Crippen molar-refractivity contribution in [2.75, 3.05) is 0 Å². The molecule has 104 valence electrons. The van der Waals surface area contributed by atoms with E-state index in [4.69, 9.17) is 15.0 Å². The van der Waals surface area contributed by atoms with Crippen molar-refractivity contribution >= 4 is 6.09 Å². The van der Waals surface area contributed by atoms with Gasteiger partial charge in [-0.25, -0.2) is 4.79 Å². The van der Waals surface area contributed by atoms with E-state index in [0.29, 0.717) is 18.1 Å². The predicted octanol–water partition coefficient (Wildman–Crippen LogP) is 2.38. The van der Waals surface area contributed by atoms with Crippen LogP contribution in [0.1, 0.15) is 36.5 Å². The molecular formula is C14H15N3O3. The molecule has 0 saturated heterocycles. The van der Waals surface area contributed by atoms with Crippen LogP contribution in [0.15, 0.2) is 22.7 Å². The number of carbonyl (C=O) groups is 1. The SMILES string of the molecule is CCc1nc(-c2ccc3c(c2)CC[C@H]3OC(N)=O)no1. The molecule has 1 aromatic carbocycles. The van der Waals surface area contributed by atoms with E-state index in [2.05, 4.69) is 10.1 Å². The molecule has 0 fully saturated rings. The average molecular weight is 273 g/mol. The zero-order chi connectivity index (χ0) is 14.1. The second-order valence-electron chi connectivity index (χ2n) is 4.74. The number of amides is 1. The summed E-state index contributed by atoms with van der Waals surface area (Å²) in [6.07, 6.45) is 1.34. The molecule has 1 heterocycles. The Kier molecular flexibility index (Phi) is 3.14. The van der Waals surface area contributed by atoms with Gasteiger partial charge < -0.3 is 15.0 Å². The number of aryl methyl sites for hydroxylation is 2. The summed E-state index contributed by atoms with van der Waals surface area (Å²) in [7, 11) is 0. The van der Waals surface area contributed by atoms with Crippen molar-refractivity contribution in [1.82, 2.24) is 10.1 Å². The number of rotatable bonds is 3. The molecule has 1 aromatic heterocycles. The molecule has 1 atom stereocenters. The van der Waals surface area contributed by atoms with Gasteiger partial charge in [-0.05, 0) is 30.0 Å². The minimum Gasteiger partial charge on any atom is -0.441 e. The van der Waals surface area contributed by atoms with E-state index in [-0.39, 0.29) is 6.10 Å². The van der Waals surface area contributed by atoms with Crippen molar-refractivity contribution in [3.05, 3.63) is 35.2 Å². The third-order valence-corrected chi connectivity index (χ3v) is 3.45. The van der Waals surface area contributed by atoms with Crippen LogP contribution in [0.4, 0.5) is 4.79 Å². The number of nitrogens with zero attached hydrogens (tertiary/aromatic N) is 2. The topological polar surface area (TPSA) is 91.2 Å². The molecule has 0 bridgehead atoms. The Bertz CT molecular complexity index is 651. The van der Waals surface area contributed by atoms with Crippen LogP contribution in [0.25, 0.3) is 11.4 Å². The van der Waals surface area contributed by atoms with Crippen LogP contribution >= 0.6 is 0 Å². The van der Waals surface area contributed by atoms with Gasteiger partial charge >= 0.3 is 6.09 Å². The van der Waals surface area contributed by atoms with Gasteiger partial charge in [0.1, 0.15) is 6.10 Å². The molecule has 0 saturated carbocycles. The smallest absolute Gasteiger partial charge is 0.405 e. The minimum absolute atomic E-state index is 0.243. The Morgan fingerprint density at radius 3 is 3.10 bits per heavy atom. The minimum atomic E-state index is -0.738. The first-order valence-electron chi connectivity index (χ1n) is 6.59. The molecule has 1 aliphatic carbocycles. The lowest BCUT2D eigenvalue weighted by molar-refractivity contribution is 0.107. The number of carbonyl (C=O) groups excluding carboxylic acids is 1. The quantitative estimate of drug-likeness (QED) is 0.927. The van der Waals surface area contributed by atoms with E-state index in [0.717, 1.165) is 29.5 Å². The van der Waals surface area contributed by atoms with Crippen molar-refractivity contribution in [2.24, 2.45) is 5.73 Å². The van der Waals surface area contributed by atoms with Crippen LogP contribution in [0, 0.1) is 0 Å². The number of hydrogen-bond acceptors (Lipinski definition) is 5. The summed E-state index contributed by atoms with van der Waals surface area (Å²) >= 11 is 0. The molecule has 0 aliphatic heterocycles. The molecule has 1 amide bonds. The molecule has 0 radical (unpaired) electrons. The second-order valence-corrected chi connectivity index (χ2v) is 4.74. The highest BCUT2D eigenvalue weighted by Gasteiger charge is 2.25. The Balaban J connectivity index is 1.89. The van der Waals surface area contributed by atoms with Crippen molar-refractivity contribution < 1.29 is 14.1 Å². The summed E-state index contributed by atoms with van der Waals surface area (Å²) < 4.78 is 10.2. The van der Waals surface area contributed by atoms with Crippen LogP contribution in [0.2, 0.25) is 0 Å². The zero-order valence-electron chi connectivity index (χ0n) is 11.1. The molecule has 2 N–H and O–H groups in total. The Hall–Kier alpha value is -2.37. The molecular weight excluding hydrogens is 258 g/mol. The van der Waals surface area contributed by atoms with Gasteiger partial charge in [0.2, 0.25) is 11.7 Å². The van der Waals surface area contributed by atoms with Gasteiger partial charge in [-0.3, -0.25) is 0 Å². The molecule has 1 aliphatic rings. The van der Waals surface area contributed by atoms with Gasteiger partial charge in [-0.2, -0.15) is 4.98 Å². The highest BCUT2D eigenvalue weighted by molar-refractivity contribution is 5.65. The monoisotopic (exact) mass is 273 g/mol. The van der Waals surface area contributed by atoms with Crippen molar-refractivity contribution in [3.63, 3.8) is 0 Å². The summed E-state index contributed by atoms with van der Waals surface area (Å²) in [6.45, 7) is 1.96. The first-order chi connectivity index (χ1) is 9.67. The van der Waals surface area contributed by atoms with Gasteiger partial charge in [0.05, 0.1) is 0 Å². The summed E-state index contributed by atoms with van der Waals surface area (Å²) in [5.41, 5.74) is 8.13. The van der Waals surface area contributed by atoms with Gasteiger partial charge in [0.15, 0.2) is 0 Å². The fourth-order valence-corrected chi connectivity index (χ4v) is 2.50. The van der Waals surface area contributed by atoms with Crippen molar-refractivity contribution in [1.29, 1.82) is 0 Å². The fraction of sp³-hybridized carbons (Fsp3) is 0.357. The highest BCUT2D eigenvalue weighted by atomic mass is 16.6. The van der Waals surface area contributed by atoms with Crippen LogP contribution in [0.5, 0.6) is 0 Å². The number of ether oxygens (including phenoxy) is 1. The zero-order valence-corrected chi connectivity index (χ0v) is 11.1. The van der Waals surface area contributed by atoms with E-state index in [1.165, 1.54) is 0 Å². The maximum absolute atomic E-state index is 10.9. The number of aromatic nitrogens is 2. The normalized spacial score (nSPS) is 16.9. The number of fused-ring (bicyclic) bond motifs is 1. The standard InChI is InChI=1S/C14H15N3O3/c1-2-12-16-13(17-20-12)9-3-5-10-8(7-9)4-6-11(10)19-14(15)18/h3,5,7,11H,2,4,6H2,1H3,(H2,15,18)/t11-/m1/s1. The maximum Gasteiger partial charge on any atom is 0.405 e. The molecule has 2 aromatic rings. The average Bonchev–Trinajstić information content (AvgIpc) is 3.05. The second kappa shape index (κ2) is 4.96. The summed E-state index contributed by atoms with van der Waals surface area (Å²) in [5, 5.41) is 3.96. The lowest BCUT2D eigenvalue weighted by Crippen LogP contribution is -2.15. The summed E-state index contributed by atoms with van der Waals surface area (Å²) in [6, 6.07) is 5.86. The summed E-state index contributed by atoms with van der Waals surface area (Å²) in [4.78, 5) is 15.2. The summed E-state index contributed by atoms with van der Waals surface area (Å²) in [5.74, 6) is 1.21. The van der Waals surface area contributed by atoms with Crippen molar-refractivity contribution in [3.8, 4) is 11.4 Å². The third kappa shape index (κ3) is 2.24. The van der Waals surface area contributed by atoms with Crippen LogP contribution < -0.4 is 5.73 Å².